The van der Waals surface area contributed by atoms with E-state index in [9.17, 15) is 19.0 Å². The Kier molecular flexibility index (Phi) is 64.5. The molecule has 472 valence electrons. The molecule has 0 rings (SSSR count). The van der Waals surface area contributed by atoms with Crippen molar-refractivity contribution in [3.63, 3.8) is 0 Å². The second-order valence-corrected chi connectivity index (χ2v) is 24.5. The fourth-order valence-electron chi connectivity index (χ4n) is 10.0. The predicted molar refractivity (Wildman–Crippen MR) is 349 cm³/mol. The van der Waals surface area contributed by atoms with Crippen LogP contribution in [0.15, 0.2) is 72.9 Å². The summed E-state index contributed by atoms with van der Waals surface area (Å²) < 4.78 is 33.0. The van der Waals surface area contributed by atoms with Gasteiger partial charge in [-0.15, -0.1) is 0 Å². The van der Waals surface area contributed by atoms with Crippen molar-refractivity contribution in [2.75, 3.05) is 26.4 Å². The number of hydrogen-bond donors (Lipinski definition) is 2. The molecule has 2 atom stereocenters. The van der Waals surface area contributed by atoms with Crippen molar-refractivity contribution in [2.24, 2.45) is 5.73 Å². The second kappa shape index (κ2) is 66.6. The number of nitrogens with two attached hydrogens (primary N) is 1. The highest BCUT2D eigenvalue weighted by Crippen LogP contribution is 2.43. The summed E-state index contributed by atoms with van der Waals surface area (Å²) in [6.07, 6.45) is 87.4. The highest BCUT2D eigenvalue weighted by Gasteiger charge is 2.26. The summed E-state index contributed by atoms with van der Waals surface area (Å²) in [5.41, 5.74) is 5.39. The normalized spacial score (nSPS) is 13.4. The standard InChI is InChI=1S/C71H130NO8P/c1-3-5-7-9-11-13-15-17-19-21-23-24-25-26-27-28-29-30-31-32-33-34-35-36-37-38-39-40-41-42-43-44-46-47-49-51-53-55-57-59-61-63-70(73)77-67-69(68-79-81(75,76)78-66-65-72)80-71(74)64-62-60-58-56-54-52-50-48-45-22-20-18-16-14-12-10-8-6-4-2/h6,8,12,14,18,20-21,23,45,48,52,54,69H,3-5,7,9-11,13,15-17,19,22,24-44,46-47,49-51,53,55-68,72H2,1-2H3,(H,75,76)/b8-6-,14-12-,20-18-,23-21-,48-45-,54-52-. The third kappa shape index (κ3) is 66.5. The monoisotopic (exact) mass is 1160 g/mol. The molecule has 0 amide bonds. The number of esters is 2. The minimum Gasteiger partial charge on any atom is -0.462 e. The van der Waals surface area contributed by atoms with E-state index >= 15 is 0 Å². The molecule has 0 bridgehead atoms. The molecule has 0 aliphatic heterocycles. The SMILES string of the molecule is CC/C=C\C/C=C\C/C=C\C/C=C\C/C=C\CCCCCC(=O)OC(COC(=O)CCCCCCCCCCCCCCCCCCCCCCCCCCCCCCC/C=C\CCCCCCCCCC)COP(=O)(O)OCCN. The number of phosphoric ester groups is 1. The number of ether oxygens (including phenoxy) is 2. The molecular formula is C71H130NO8P. The lowest BCUT2D eigenvalue weighted by Crippen LogP contribution is -2.29. The molecular weight excluding hydrogens is 1030 g/mol. The summed E-state index contributed by atoms with van der Waals surface area (Å²) in [6.45, 7) is 3.62. The molecule has 10 heteroatoms. The van der Waals surface area contributed by atoms with Crippen LogP contribution >= 0.6 is 7.82 Å². The van der Waals surface area contributed by atoms with E-state index in [1.165, 1.54) is 231 Å². The molecule has 3 N–H and O–H groups in total. The number of allylic oxidation sites excluding steroid dienone is 12. The van der Waals surface area contributed by atoms with Crippen molar-refractivity contribution in [1.82, 2.24) is 0 Å². The van der Waals surface area contributed by atoms with E-state index in [0.29, 0.717) is 6.42 Å². The van der Waals surface area contributed by atoms with E-state index in [2.05, 4.69) is 86.8 Å². The Labute approximate surface area is 501 Å². The van der Waals surface area contributed by atoms with Gasteiger partial charge in [0.2, 0.25) is 0 Å². The van der Waals surface area contributed by atoms with Gasteiger partial charge in [0, 0.05) is 19.4 Å². The number of rotatable bonds is 65. The van der Waals surface area contributed by atoms with Gasteiger partial charge >= 0.3 is 19.8 Å². The quantitative estimate of drug-likeness (QED) is 0.0264. The summed E-state index contributed by atoms with van der Waals surface area (Å²) in [5.74, 6) is -0.856. The molecule has 0 saturated heterocycles. The Morgan fingerprint density at radius 3 is 1.04 bits per heavy atom. The first-order valence-corrected chi connectivity index (χ1v) is 35.9. The van der Waals surface area contributed by atoms with Gasteiger partial charge in [-0.05, 0) is 83.5 Å². The summed E-state index contributed by atoms with van der Waals surface area (Å²) in [6, 6.07) is 0. The number of carbonyl (C=O) groups excluding carboxylic acids is 2. The van der Waals surface area contributed by atoms with Crippen molar-refractivity contribution < 1.29 is 37.6 Å². The third-order valence-electron chi connectivity index (χ3n) is 15.1. The van der Waals surface area contributed by atoms with Gasteiger partial charge < -0.3 is 20.1 Å². The van der Waals surface area contributed by atoms with Crippen molar-refractivity contribution in [3.05, 3.63) is 72.9 Å². The molecule has 2 unspecified atom stereocenters. The second-order valence-electron chi connectivity index (χ2n) is 23.0. The number of hydrogen-bond acceptors (Lipinski definition) is 8. The minimum absolute atomic E-state index is 0.0459. The lowest BCUT2D eigenvalue weighted by molar-refractivity contribution is -0.161. The van der Waals surface area contributed by atoms with Crippen LogP contribution in [0, 0.1) is 0 Å². The van der Waals surface area contributed by atoms with E-state index < -0.39 is 26.5 Å². The maximum absolute atomic E-state index is 12.7. The van der Waals surface area contributed by atoms with Crippen LogP contribution in [0.5, 0.6) is 0 Å². The Morgan fingerprint density at radius 2 is 0.679 bits per heavy atom. The summed E-state index contributed by atoms with van der Waals surface area (Å²) in [7, 11) is -4.40. The lowest BCUT2D eigenvalue weighted by Gasteiger charge is -2.19. The average molecular weight is 1160 g/mol. The van der Waals surface area contributed by atoms with Crippen LogP contribution in [0.3, 0.4) is 0 Å². The van der Waals surface area contributed by atoms with Gasteiger partial charge in [0.25, 0.3) is 0 Å². The molecule has 0 spiro atoms. The third-order valence-corrected chi connectivity index (χ3v) is 16.1. The maximum Gasteiger partial charge on any atom is 0.472 e. The molecule has 0 aliphatic carbocycles. The summed E-state index contributed by atoms with van der Waals surface area (Å²) in [5, 5.41) is 0. The van der Waals surface area contributed by atoms with Crippen molar-refractivity contribution in [1.29, 1.82) is 0 Å². The topological polar surface area (TPSA) is 134 Å². The minimum atomic E-state index is -4.40. The van der Waals surface area contributed by atoms with Gasteiger partial charge in [0.1, 0.15) is 6.61 Å². The van der Waals surface area contributed by atoms with Crippen molar-refractivity contribution in [2.45, 2.75) is 341 Å². The number of unbranched alkanes of at least 4 members (excludes halogenated alkanes) is 40. The van der Waals surface area contributed by atoms with Crippen LogP contribution in [0.25, 0.3) is 0 Å². The highest BCUT2D eigenvalue weighted by atomic mass is 31.2. The molecule has 81 heavy (non-hydrogen) atoms. The van der Waals surface area contributed by atoms with Crippen molar-refractivity contribution >= 4 is 19.8 Å². The van der Waals surface area contributed by atoms with E-state index in [1.807, 2.05) is 0 Å². The summed E-state index contributed by atoms with van der Waals surface area (Å²) >= 11 is 0. The van der Waals surface area contributed by atoms with E-state index in [0.717, 1.165) is 70.6 Å². The molecule has 0 heterocycles. The van der Waals surface area contributed by atoms with Crippen LogP contribution in [0.1, 0.15) is 335 Å². The van der Waals surface area contributed by atoms with E-state index in [1.54, 1.807) is 0 Å². The molecule has 0 aromatic heterocycles. The summed E-state index contributed by atoms with van der Waals surface area (Å²) in [4.78, 5) is 35.2. The largest absolute Gasteiger partial charge is 0.472 e. The smallest absolute Gasteiger partial charge is 0.462 e. The highest BCUT2D eigenvalue weighted by molar-refractivity contribution is 7.47. The van der Waals surface area contributed by atoms with Gasteiger partial charge in [-0.2, -0.15) is 0 Å². The fourth-order valence-corrected chi connectivity index (χ4v) is 10.8. The zero-order valence-electron chi connectivity index (χ0n) is 53.0. The molecule has 0 aromatic carbocycles. The Morgan fingerprint density at radius 1 is 0.383 bits per heavy atom. The molecule has 0 fully saturated rings. The van der Waals surface area contributed by atoms with E-state index in [4.69, 9.17) is 24.3 Å². The number of phosphoric acid groups is 1. The molecule has 9 nitrogen and oxygen atoms in total. The van der Waals surface area contributed by atoms with Crippen LogP contribution in [-0.4, -0.2) is 49.3 Å². The van der Waals surface area contributed by atoms with Crippen LogP contribution < -0.4 is 5.73 Å². The molecule has 0 aliphatic rings. The van der Waals surface area contributed by atoms with E-state index in [-0.39, 0.29) is 38.6 Å². The Balaban J connectivity index is 3.76. The van der Waals surface area contributed by atoms with Crippen LogP contribution in [0.4, 0.5) is 0 Å². The molecule has 0 aromatic rings. The first-order chi connectivity index (χ1) is 39.8. The van der Waals surface area contributed by atoms with Gasteiger partial charge in [0.15, 0.2) is 6.10 Å². The van der Waals surface area contributed by atoms with Gasteiger partial charge in [-0.25, -0.2) is 4.57 Å². The molecule has 0 saturated carbocycles. The van der Waals surface area contributed by atoms with Crippen LogP contribution in [-0.2, 0) is 32.7 Å². The Hall–Kier alpha value is -2.55. The van der Waals surface area contributed by atoms with Gasteiger partial charge in [-0.3, -0.25) is 18.6 Å². The average Bonchev–Trinajstić information content (AvgIpc) is 3.46. The maximum atomic E-state index is 12.7. The van der Waals surface area contributed by atoms with Crippen LogP contribution in [0.2, 0.25) is 0 Å². The zero-order chi connectivity index (χ0) is 58.7. The zero-order valence-corrected chi connectivity index (χ0v) is 53.9. The lowest BCUT2D eigenvalue weighted by atomic mass is 10.0. The first-order valence-electron chi connectivity index (χ1n) is 34.4. The van der Waals surface area contributed by atoms with Gasteiger partial charge in [0.05, 0.1) is 13.2 Å². The van der Waals surface area contributed by atoms with Crippen molar-refractivity contribution in [3.8, 4) is 0 Å². The number of carbonyl (C=O) groups is 2. The Bertz CT molecular complexity index is 1560. The predicted octanol–water partition coefficient (Wildman–Crippen LogP) is 22.4. The van der Waals surface area contributed by atoms with Gasteiger partial charge in [-0.1, -0.05) is 311 Å². The first kappa shape index (κ1) is 78.5. The molecule has 0 radical (unpaired) electrons. The fraction of sp³-hybridized carbons (Fsp3) is 0.803.